The van der Waals surface area contributed by atoms with Crippen LogP contribution in [0.4, 0.5) is 5.69 Å². The molecule has 0 bridgehead atoms. The molecule has 1 aromatic heterocycles. The van der Waals surface area contributed by atoms with E-state index < -0.39 is 0 Å². The van der Waals surface area contributed by atoms with Crippen molar-refractivity contribution in [1.29, 1.82) is 0 Å². The number of pyridine rings is 1. The highest BCUT2D eigenvalue weighted by Crippen LogP contribution is 2.36. The topological polar surface area (TPSA) is 43.4 Å². The van der Waals surface area contributed by atoms with Crippen molar-refractivity contribution < 1.29 is 9.47 Å². The maximum Gasteiger partial charge on any atom is 0.219 e. The molecule has 4 rings (SSSR count). The molecule has 2 aromatic carbocycles. The van der Waals surface area contributed by atoms with E-state index in [0.717, 1.165) is 46.1 Å². The van der Waals surface area contributed by atoms with Crippen molar-refractivity contribution in [3.05, 3.63) is 54.1 Å². The van der Waals surface area contributed by atoms with Gasteiger partial charge in [0, 0.05) is 23.7 Å². The molecule has 1 aliphatic rings. The van der Waals surface area contributed by atoms with Crippen LogP contribution in [0.1, 0.15) is 32.3 Å². The average Bonchev–Trinajstić information content (AvgIpc) is 3.50. The summed E-state index contributed by atoms with van der Waals surface area (Å²) in [5.41, 5.74) is 3.07. The predicted octanol–water partition coefficient (Wildman–Crippen LogP) is 5.94. The fourth-order valence-electron chi connectivity index (χ4n) is 3.28. The molecule has 1 saturated carbocycles. The molecule has 0 aliphatic heterocycles. The van der Waals surface area contributed by atoms with Crippen LogP contribution in [-0.4, -0.2) is 17.6 Å². The van der Waals surface area contributed by atoms with Gasteiger partial charge in [0.2, 0.25) is 5.88 Å². The lowest BCUT2D eigenvalue weighted by Crippen LogP contribution is -2.13. The van der Waals surface area contributed by atoms with Gasteiger partial charge in [0.15, 0.2) is 0 Å². The zero-order valence-electron chi connectivity index (χ0n) is 16.2. The van der Waals surface area contributed by atoms with Crippen LogP contribution in [0.25, 0.3) is 10.9 Å². The van der Waals surface area contributed by atoms with E-state index in [4.69, 9.17) is 9.47 Å². The molecular weight excluding hydrogens is 336 g/mol. The van der Waals surface area contributed by atoms with E-state index in [1.165, 1.54) is 12.8 Å². The normalized spacial score (nSPS) is 14.8. The van der Waals surface area contributed by atoms with Crippen molar-refractivity contribution in [3.8, 4) is 17.4 Å². The van der Waals surface area contributed by atoms with Crippen molar-refractivity contribution >= 4 is 16.6 Å². The molecule has 140 valence electrons. The maximum absolute atomic E-state index is 6.04. The molecule has 0 amide bonds. The number of anilines is 1. The fraction of sp³-hybridized carbons (Fsp3) is 0.348. The summed E-state index contributed by atoms with van der Waals surface area (Å²) >= 11 is 0. The van der Waals surface area contributed by atoms with E-state index in [1.807, 2.05) is 49.4 Å². The lowest BCUT2D eigenvalue weighted by Gasteiger charge is -2.15. The number of hydrogen-bond donors (Lipinski definition) is 1. The summed E-state index contributed by atoms with van der Waals surface area (Å²) < 4.78 is 12.1. The molecule has 1 fully saturated rings. The van der Waals surface area contributed by atoms with E-state index in [1.54, 1.807) is 0 Å². The molecule has 0 saturated heterocycles. The number of aryl methyl sites for hydroxylation is 1. The summed E-state index contributed by atoms with van der Waals surface area (Å²) in [6.45, 7) is 7.18. The first kappa shape index (κ1) is 17.7. The Balaban J connectivity index is 1.50. The Kier molecular flexibility index (Phi) is 4.88. The number of nitrogens with zero attached hydrogens (tertiary/aromatic N) is 1. The highest BCUT2D eigenvalue weighted by Gasteiger charge is 2.29. The first-order valence-electron chi connectivity index (χ1n) is 9.72. The van der Waals surface area contributed by atoms with Crippen molar-refractivity contribution in [2.24, 2.45) is 5.92 Å². The quantitative estimate of drug-likeness (QED) is 0.564. The summed E-state index contributed by atoms with van der Waals surface area (Å²) in [5, 5.41) is 4.41. The summed E-state index contributed by atoms with van der Waals surface area (Å²) in [6.07, 6.45) is 2.85. The van der Waals surface area contributed by atoms with Gasteiger partial charge in [-0.1, -0.05) is 0 Å². The van der Waals surface area contributed by atoms with Gasteiger partial charge in [0.1, 0.15) is 11.5 Å². The molecule has 1 heterocycles. The molecule has 0 spiro atoms. The number of rotatable bonds is 7. The molecule has 4 nitrogen and oxygen atoms in total. The standard InChI is InChI=1S/C23H26N2O2/c1-4-24-19-8-10-21-18(14-19)7-12-23(25-21)27-22-11-9-20(13-15(22)2)26-16(3)17-5-6-17/h7-14,16-17,24H,4-6H2,1-3H3. The Hall–Kier alpha value is -2.75. The minimum absolute atomic E-state index is 0.283. The van der Waals surface area contributed by atoms with Crippen molar-refractivity contribution in [2.75, 3.05) is 11.9 Å². The SMILES string of the molecule is CCNc1ccc2nc(Oc3ccc(OC(C)C4CC4)cc3C)ccc2c1. The number of fused-ring (bicyclic) bond motifs is 1. The Bertz CT molecular complexity index is 950. The van der Waals surface area contributed by atoms with Crippen LogP contribution in [0, 0.1) is 12.8 Å². The van der Waals surface area contributed by atoms with Gasteiger partial charge in [-0.2, -0.15) is 0 Å². The second-order valence-electron chi connectivity index (χ2n) is 7.28. The second-order valence-corrected chi connectivity index (χ2v) is 7.28. The third-order valence-corrected chi connectivity index (χ3v) is 5.01. The molecule has 1 atom stereocenters. The number of aromatic nitrogens is 1. The smallest absolute Gasteiger partial charge is 0.219 e. The lowest BCUT2D eigenvalue weighted by atomic mass is 10.2. The molecule has 4 heteroatoms. The molecule has 1 aliphatic carbocycles. The fourth-order valence-corrected chi connectivity index (χ4v) is 3.28. The van der Waals surface area contributed by atoms with Gasteiger partial charge in [-0.15, -0.1) is 0 Å². The van der Waals surface area contributed by atoms with Gasteiger partial charge in [-0.25, -0.2) is 4.98 Å². The van der Waals surface area contributed by atoms with Gasteiger partial charge >= 0.3 is 0 Å². The van der Waals surface area contributed by atoms with Gasteiger partial charge in [-0.05, 0) is 87.6 Å². The highest BCUT2D eigenvalue weighted by molar-refractivity contribution is 5.82. The highest BCUT2D eigenvalue weighted by atomic mass is 16.5. The van der Waals surface area contributed by atoms with Gasteiger partial charge in [0.05, 0.1) is 11.6 Å². The zero-order valence-corrected chi connectivity index (χ0v) is 16.2. The molecular formula is C23H26N2O2. The Morgan fingerprint density at radius 1 is 1.11 bits per heavy atom. The van der Waals surface area contributed by atoms with Crippen molar-refractivity contribution in [3.63, 3.8) is 0 Å². The van der Waals surface area contributed by atoms with Crippen LogP contribution < -0.4 is 14.8 Å². The van der Waals surface area contributed by atoms with Crippen LogP contribution in [0.2, 0.25) is 0 Å². The lowest BCUT2D eigenvalue weighted by molar-refractivity contribution is 0.198. The average molecular weight is 362 g/mol. The number of hydrogen-bond acceptors (Lipinski definition) is 4. The van der Waals surface area contributed by atoms with Crippen LogP contribution in [0.5, 0.6) is 17.4 Å². The van der Waals surface area contributed by atoms with E-state index >= 15 is 0 Å². The zero-order chi connectivity index (χ0) is 18.8. The summed E-state index contributed by atoms with van der Waals surface area (Å²) in [6, 6.07) is 16.1. The molecule has 0 radical (unpaired) electrons. The minimum atomic E-state index is 0.283. The van der Waals surface area contributed by atoms with Crippen LogP contribution in [0.3, 0.4) is 0 Å². The van der Waals surface area contributed by atoms with E-state index in [2.05, 4.69) is 30.2 Å². The largest absolute Gasteiger partial charge is 0.490 e. The van der Waals surface area contributed by atoms with Gasteiger partial charge in [-0.3, -0.25) is 0 Å². The van der Waals surface area contributed by atoms with Gasteiger partial charge in [0.25, 0.3) is 0 Å². The Labute approximate surface area is 160 Å². The van der Waals surface area contributed by atoms with E-state index in [0.29, 0.717) is 5.88 Å². The molecule has 1 unspecified atom stereocenters. The minimum Gasteiger partial charge on any atom is -0.490 e. The van der Waals surface area contributed by atoms with Gasteiger partial charge < -0.3 is 14.8 Å². The second kappa shape index (κ2) is 7.47. The third-order valence-electron chi connectivity index (χ3n) is 5.01. The summed E-state index contributed by atoms with van der Waals surface area (Å²) in [7, 11) is 0. The van der Waals surface area contributed by atoms with E-state index in [9.17, 15) is 0 Å². The summed E-state index contributed by atoms with van der Waals surface area (Å²) in [4.78, 5) is 4.63. The van der Waals surface area contributed by atoms with E-state index in [-0.39, 0.29) is 6.10 Å². The van der Waals surface area contributed by atoms with Crippen molar-refractivity contribution in [2.45, 2.75) is 39.7 Å². The number of ether oxygens (including phenoxy) is 2. The Morgan fingerprint density at radius 3 is 2.70 bits per heavy atom. The van der Waals surface area contributed by atoms with Crippen molar-refractivity contribution in [1.82, 2.24) is 4.98 Å². The third kappa shape index (κ3) is 4.16. The van der Waals surface area contributed by atoms with Crippen LogP contribution in [0.15, 0.2) is 48.5 Å². The Morgan fingerprint density at radius 2 is 1.96 bits per heavy atom. The predicted molar refractivity (Wildman–Crippen MR) is 110 cm³/mol. The van der Waals surface area contributed by atoms with Crippen LogP contribution in [-0.2, 0) is 0 Å². The number of nitrogens with one attached hydrogen (secondary N) is 1. The number of benzene rings is 2. The first-order valence-corrected chi connectivity index (χ1v) is 9.72. The van der Waals surface area contributed by atoms with Crippen LogP contribution >= 0.6 is 0 Å². The molecule has 3 aromatic rings. The molecule has 27 heavy (non-hydrogen) atoms. The maximum atomic E-state index is 6.04. The first-order chi connectivity index (χ1) is 13.1. The summed E-state index contributed by atoms with van der Waals surface area (Å²) in [5.74, 6) is 3.03. The molecule has 1 N–H and O–H groups in total. The monoisotopic (exact) mass is 362 g/mol.